The number of imide groups is 1. The Balaban J connectivity index is 1.25. The molecule has 5 rings (SSSR count). The van der Waals surface area contributed by atoms with Crippen molar-refractivity contribution >= 4 is 67.3 Å². The first kappa shape index (κ1) is 30.2. The Kier molecular flexibility index (Phi) is 8.79. The standard InChI is InChI=1S/C31H22BrF3N2O5S/c1-41-26-12-10-21(31(33,34)35)15-24(26)36-28(38)16-37-29(39)27(43-30(37)40)14-18-9-11-25(23(32)13-18)42-17-20-7-4-6-19-5-2-3-8-22(19)20/h2-15H,16-17H2,1H3,(H,36,38)/b27-14-. The second-order valence-electron chi connectivity index (χ2n) is 9.35. The first-order chi connectivity index (χ1) is 20.5. The number of amides is 3. The lowest BCUT2D eigenvalue weighted by Crippen LogP contribution is -2.36. The highest BCUT2D eigenvalue weighted by molar-refractivity contribution is 9.10. The van der Waals surface area contributed by atoms with E-state index in [4.69, 9.17) is 9.47 Å². The number of carbonyl (C=O) groups excluding carboxylic acids is 3. The van der Waals surface area contributed by atoms with E-state index >= 15 is 0 Å². The van der Waals surface area contributed by atoms with Crippen LogP contribution in [-0.4, -0.2) is 35.6 Å². The molecule has 0 aliphatic carbocycles. The Morgan fingerprint density at radius 2 is 1.74 bits per heavy atom. The monoisotopic (exact) mass is 670 g/mol. The first-order valence-corrected chi connectivity index (χ1v) is 14.3. The minimum atomic E-state index is -4.64. The molecule has 7 nitrogen and oxygen atoms in total. The van der Waals surface area contributed by atoms with Crippen molar-refractivity contribution in [1.29, 1.82) is 0 Å². The lowest BCUT2D eigenvalue weighted by Gasteiger charge is -2.16. The van der Waals surface area contributed by atoms with Crippen LogP contribution in [0.15, 0.2) is 88.2 Å². The smallest absolute Gasteiger partial charge is 0.416 e. The van der Waals surface area contributed by atoms with E-state index in [0.717, 1.165) is 39.4 Å². The van der Waals surface area contributed by atoms with E-state index in [9.17, 15) is 27.6 Å². The molecule has 1 saturated heterocycles. The Labute approximate surface area is 256 Å². The number of halogens is 4. The predicted molar refractivity (Wildman–Crippen MR) is 162 cm³/mol. The summed E-state index contributed by atoms with van der Waals surface area (Å²) in [5.41, 5.74) is 0.401. The molecule has 12 heteroatoms. The average molecular weight is 671 g/mol. The molecule has 0 saturated carbocycles. The summed E-state index contributed by atoms with van der Waals surface area (Å²) in [7, 11) is 1.24. The summed E-state index contributed by atoms with van der Waals surface area (Å²) in [6.45, 7) is -0.349. The first-order valence-electron chi connectivity index (χ1n) is 12.7. The number of rotatable bonds is 8. The minimum Gasteiger partial charge on any atom is -0.495 e. The topological polar surface area (TPSA) is 84.9 Å². The molecule has 1 aliphatic rings. The summed E-state index contributed by atoms with van der Waals surface area (Å²) in [5.74, 6) is -0.990. The largest absolute Gasteiger partial charge is 0.495 e. The van der Waals surface area contributed by atoms with Crippen LogP contribution in [0.2, 0.25) is 0 Å². The zero-order valence-electron chi connectivity index (χ0n) is 22.4. The fourth-order valence-corrected chi connectivity index (χ4v) is 5.75. The number of nitrogens with zero attached hydrogens (tertiary/aromatic N) is 1. The van der Waals surface area contributed by atoms with Gasteiger partial charge in [0.15, 0.2) is 0 Å². The number of fused-ring (bicyclic) bond motifs is 1. The zero-order chi connectivity index (χ0) is 30.7. The van der Waals surface area contributed by atoms with E-state index in [1.807, 2.05) is 42.5 Å². The third kappa shape index (κ3) is 6.86. The fraction of sp³-hybridized carbons (Fsp3) is 0.129. The van der Waals surface area contributed by atoms with Crippen LogP contribution >= 0.6 is 27.7 Å². The Morgan fingerprint density at radius 3 is 2.49 bits per heavy atom. The molecule has 0 bridgehead atoms. The van der Waals surface area contributed by atoms with E-state index in [1.54, 1.807) is 18.2 Å². The lowest BCUT2D eigenvalue weighted by atomic mass is 10.1. The molecule has 1 heterocycles. The molecule has 43 heavy (non-hydrogen) atoms. The van der Waals surface area contributed by atoms with E-state index in [1.165, 1.54) is 13.2 Å². The maximum atomic E-state index is 13.1. The van der Waals surface area contributed by atoms with Crippen LogP contribution in [0.25, 0.3) is 16.8 Å². The second-order valence-corrected chi connectivity index (χ2v) is 11.2. The third-order valence-electron chi connectivity index (χ3n) is 6.49. The van der Waals surface area contributed by atoms with Crippen LogP contribution in [0.3, 0.4) is 0 Å². The zero-order valence-corrected chi connectivity index (χ0v) is 24.8. The lowest BCUT2D eigenvalue weighted by molar-refractivity contribution is -0.137. The van der Waals surface area contributed by atoms with Crippen molar-refractivity contribution in [2.45, 2.75) is 12.8 Å². The number of anilines is 1. The van der Waals surface area contributed by atoms with E-state index < -0.39 is 35.3 Å². The van der Waals surface area contributed by atoms with Gasteiger partial charge in [-0.25, -0.2) is 0 Å². The van der Waals surface area contributed by atoms with Crippen molar-refractivity contribution < 1.29 is 37.0 Å². The van der Waals surface area contributed by atoms with Gasteiger partial charge in [0.2, 0.25) is 5.91 Å². The highest BCUT2D eigenvalue weighted by atomic mass is 79.9. The van der Waals surface area contributed by atoms with Crippen molar-refractivity contribution in [1.82, 2.24) is 4.90 Å². The van der Waals surface area contributed by atoms with Gasteiger partial charge < -0.3 is 14.8 Å². The SMILES string of the molecule is COc1ccc(C(F)(F)F)cc1NC(=O)CN1C(=O)S/C(=C\c2ccc(OCc3cccc4ccccc34)c(Br)c2)C1=O. The van der Waals surface area contributed by atoms with Gasteiger partial charge in [-0.2, -0.15) is 13.2 Å². The molecule has 0 radical (unpaired) electrons. The van der Waals surface area contributed by atoms with Crippen molar-refractivity contribution in [2.24, 2.45) is 0 Å². The van der Waals surface area contributed by atoms with Crippen LogP contribution in [0.1, 0.15) is 16.7 Å². The van der Waals surface area contributed by atoms with Gasteiger partial charge in [0.1, 0.15) is 24.7 Å². The molecule has 1 fully saturated rings. The third-order valence-corrected chi connectivity index (χ3v) is 8.02. The summed E-state index contributed by atoms with van der Waals surface area (Å²) in [5, 5.41) is 3.82. The molecule has 220 valence electrons. The summed E-state index contributed by atoms with van der Waals surface area (Å²) >= 11 is 4.15. The average Bonchev–Trinajstić information content (AvgIpc) is 3.23. The highest BCUT2D eigenvalue weighted by Gasteiger charge is 2.37. The predicted octanol–water partition coefficient (Wildman–Crippen LogP) is 7.88. The number of nitrogens with one attached hydrogen (secondary N) is 1. The molecular weight excluding hydrogens is 649 g/mol. The molecule has 4 aromatic carbocycles. The maximum absolute atomic E-state index is 13.1. The molecule has 0 atom stereocenters. The van der Waals surface area contributed by atoms with Crippen LogP contribution in [-0.2, 0) is 22.4 Å². The molecule has 0 aromatic heterocycles. The van der Waals surface area contributed by atoms with Gasteiger partial charge >= 0.3 is 6.18 Å². The van der Waals surface area contributed by atoms with Gasteiger partial charge in [0.05, 0.1) is 27.7 Å². The van der Waals surface area contributed by atoms with Gasteiger partial charge in [-0.05, 0) is 86.0 Å². The van der Waals surface area contributed by atoms with Crippen LogP contribution in [0, 0.1) is 0 Å². The number of benzene rings is 4. The number of methoxy groups -OCH3 is 1. The Morgan fingerprint density at radius 1 is 1.00 bits per heavy atom. The molecule has 1 aliphatic heterocycles. The van der Waals surface area contributed by atoms with Crippen molar-refractivity contribution in [3.8, 4) is 11.5 Å². The van der Waals surface area contributed by atoms with E-state index in [-0.39, 0.29) is 16.3 Å². The summed E-state index contributed by atoms with van der Waals surface area (Å²) in [6.07, 6.45) is -3.13. The van der Waals surface area contributed by atoms with Crippen LogP contribution in [0.4, 0.5) is 23.7 Å². The Hall–Kier alpha value is -4.29. The summed E-state index contributed by atoms with van der Waals surface area (Å²) in [4.78, 5) is 39.0. The molecule has 0 spiro atoms. The fourth-order valence-electron chi connectivity index (χ4n) is 4.40. The molecule has 0 unspecified atom stereocenters. The number of hydrogen-bond donors (Lipinski definition) is 1. The van der Waals surface area contributed by atoms with Gasteiger partial charge in [0.25, 0.3) is 11.1 Å². The van der Waals surface area contributed by atoms with E-state index in [0.29, 0.717) is 34.2 Å². The van der Waals surface area contributed by atoms with Crippen LogP contribution < -0.4 is 14.8 Å². The molecule has 4 aromatic rings. The van der Waals surface area contributed by atoms with Gasteiger partial charge in [-0.1, -0.05) is 48.5 Å². The molecule has 1 N–H and O–H groups in total. The summed E-state index contributed by atoms with van der Waals surface area (Å²) < 4.78 is 51.1. The highest BCUT2D eigenvalue weighted by Crippen LogP contribution is 2.36. The Bertz CT molecular complexity index is 1770. The number of thioether (sulfide) groups is 1. The van der Waals surface area contributed by atoms with Gasteiger partial charge in [0, 0.05) is 0 Å². The number of hydrogen-bond acceptors (Lipinski definition) is 6. The summed E-state index contributed by atoms with van der Waals surface area (Å²) in [6, 6.07) is 21.8. The van der Waals surface area contributed by atoms with Crippen molar-refractivity contribution in [3.63, 3.8) is 0 Å². The van der Waals surface area contributed by atoms with Crippen molar-refractivity contribution in [2.75, 3.05) is 19.0 Å². The van der Waals surface area contributed by atoms with Crippen molar-refractivity contribution in [3.05, 3.63) is 105 Å². The minimum absolute atomic E-state index is 0.00879. The second kappa shape index (κ2) is 12.5. The van der Waals surface area contributed by atoms with Gasteiger partial charge in [-0.3, -0.25) is 19.3 Å². The number of alkyl halides is 3. The van der Waals surface area contributed by atoms with Gasteiger partial charge in [-0.15, -0.1) is 0 Å². The number of ether oxygens (including phenoxy) is 2. The molecule has 3 amide bonds. The molecular formula is C31H22BrF3N2O5S. The quantitative estimate of drug-likeness (QED) is 0.192. The maximum Gasteiger partial charge on any atom is 0.416 e. The normalized spacial score (nSPS) is 14.4. The van der Waals surface area contributed by atoms with Crippen LogP contribution in [0.5, 0.6) is 11.5 Å². The van der Waals surface area contributed by atoms with E-state index in [2.05, 4.69) is 21.2 Å². The number of carbonyl (C=O) groups is 3.